The van der Waals surface area contributed by atoms with Gasteiger partial charge >= 0.3 is 0 Å². The Labute approximate surface area is 129 Å². The molecule has 0 bridgehead atoms. The van der Waals surface area contributed by atoms with E-state index in [0.717, 1.165) is 24.2 Å². The molecule has 22 heavy (non-hydrogen) atoms. The molecule has 1 atom stereocenters. The number of fused-ring (bicyclic) bond motifs is 1. The van der Waals surface area contributed by atoms with Crippen molar-refractivity contribution in [3.8, 4) is 0 Å². The minimum absolute atomic E-state index is 0.0951. The summed E-state index contributed by atoms with van der Waals surface area (Å²) in [7, 11) is 2.06. The van der Waals surface area contributed by atoms with E-state index in [4.69, 9.17) is 4.74 Å². The highest BCUT2D eigenvalue weighted by Crippen LogP contribution is 2.32. The molecule has 1 heterocycles. The van der Waals surface area contributed by atoms with E-state index in [0.29, 0.717) is 6.61 Å². The summed E-state index contributed by atoms with van der Waals surface area (Å²) >= 11 is 0. The van der Waals surface area contributed by atoms with Crippen molar-refractivity contribution in [2.24, 2.45) is 0 Å². The predicted octanol–water partition coefficient (Wildman–Crippen LogP) is 3.15. The summed E-state index contributed by atoms with van der Waals surface area (Å²) < 4.78 is 6.04. The normalized spacial score (nSPS) is 19.0. The highest BCUT2D eigenvalue weighted by Gasteiger charge is 2.22. The van der Waals surface area contributed by atoms with Crippen LogP contribution in [0.3, 0.4) is 0 Å². The average Bonchev–Trinajstić information content (AvgIpc) is 2.50. The molecule has 0 aliphatic carbocycles. The van der Waals surface area contributed by atoms with Crippen LogP contribution in [0.5, 0.6) is 0 Å². The molecule has 0 fully saturated rings. The highest BCUT2D eigenvalue weighted by molar-refractivity contribution is 5.41. The summed E-state index contributed by atoms with van der Waals surface area (Å²) in [6.07, 6.45) is -0.259. The van der Waals surface area contributed by atoms with Gasteiger partial charge in [0.2, 0.25) is 0 Å². The highest BCUT2D eigenvalue weighted by atomic mass is 16.6. The molecule has 0 amide bonds. The SMILES string of the molecule is CN1CCOC(c2cccc([N+](=O)[O-])c2)c2ccccc2C1. The molecule has 1 aliphatic rings. The lowest BCUT2D eigenvalue weighted by Gasteiger charge is -2.28. The van der Waals surface area contributed by atoms with Crippen molar-refractivity contribution in [2.45, 2.75) is 12.6 Å². The van der Waals surface area contributed by atoms with Crippen molar-refractivity contribution in [3.05, 3.63) is 75.3 Å². The maximum absolute atomic E-state index is 11.0. The first-order valence-electron chi connectivity index (χ1n) is 7.27. The Hall–Kier alpha value is -2.24. The third-order valence-corrected chi connectivity index (χ3v) is 3.92. The molecule has 5 heteroatoms. The second kappa shape index (κ2) is 6.25. The zero-order valence-corrected chi connectivity index (χ0v) is 12.4. The van der Waals surface area contributed by atoms with E-state index >= 15 is 0 Å². The molecule has 0 N–H and O–H groups in total. The van der Waals surface area contributed by atoms with E-state index in [1.807, 2.05) is 24.3 Å². The monoisotopic (exact) mass is 298 g/mol. The van der Waals surface area contributed by atoms with Gasteiger partial charge in [0, 0.05) is 25.2 Å². The predicted molar refractivity (Wildman–Crippen MR) is 83.7 cm³/mol. The number of non-ortho nitro benzene ring substituents is 1. The quantitative estimate of drug-likeness (QED) is 0.631. The molecular weight excluding hydrogens is 280 g/mol. The van der Waals surface area contributed by atoms with Crippen LogP contribution in [0.4, 0.5) is 5.69 Å². The number of nitro benzene ring substituents is 1. The van der Waals surface area contributed by atoms with Crippen LogP contribution in [-0.4, -0.2) is 30.0 Å². The molecular formula is C17H18N2O3. The van der Waals surface area contributed by atoms with E-state index < -0.39 is 0 Å². The topological polar surface area (TPSA) is 55.6 Å². The van der Waals surface area contributed by atoms with E-state index in [1.165, 1.54) is 11.6 Å². The smallest absolute Gasteiger partial charge is 0.269 e. The van der Waals surface area contributed by atoms with E-state index in [2.05, 4.69) is 18.0 Å². The molecule has 0 aromatic heterocycles. The van der Waals surface area contributed by atoms with Gasteiger partial charge in [0.1, 0.15) is 6.10 Å². The van der Waals surface area contributed by atoms with Gasteiger partial charge in [0.15, 0.2) is 0 Å². The van der Waals surface area contributed by atoms with Gasteiger partial charge in [-0.05, 0) is 23.7 Å². The largest absolute Gasteiger partial charge is 0.367 e. The van der Waals surface area contributed by atoms with Crippen molar-refractivity contribution in [1.29, 1.82) is 0 Å². The number of rotatable bonds is 2. The molecule has 2 aromatic rings. The maximum atomic E-state index is 11.0. The Kier molecular flexibility index (Phi) is 4.18. The fraction of sp³-hybridized carbons (Fsp3) is 0.294. The first-order chi connectivity index (χ1) is 10.6. The second-order valence-corrected chi connectivity index (χ2v) is 5.54. The Morgan fingerprint density at radius 1 is 1.23 bits per heavy atom. The van der Waals surface area contributed by atoms with E-state index in [-0.39, 0.29) is 16.7 Å². The molecule has 3 rings (SSSR count). The van der Waals surface area contributed by atoms with Gasteiger partial charge in [-0.1, -0.05) is 36.4 Å². The van der Waals surface area contributed by atoms with Crippen LogP contribution in [0.15, 0.2) is 48.5 Å². The third-order valence-electron chi connectivity index (χ3n) is 3.92. The lowest BCUT2D eigenvalue weighted by atomic mass is 9.95. The first kappa shape index (κ1) is 14.7. The molecule has 0 saturated heterocycles. The van der Waals surface area contributed by atoms with Crippen LogP contribution in [0, 0.1) is 10.1 Å². The Morgan fingerprint density at radius 3 is 2.86 bits per heavy atom. The van der Waals surface area contributed by atoms with Crippen LogP contribution in [0.1, 0.15) is 22.8 Å². The fourth-order valence-electron chi connectivity index (χ4n) is 2.80. The van der Waals surface area contributed by atoms with Crippen LogP contribution < -0.4 is 0 Å². The second-order valence-electron chi connectivity index (χ2n) is 5.54. The minimum atomic E-state index is -0.369. The molecule has 1 unspecified atom stereocenters. The van der Waals surface area contributed by atoms with Gasteiger partial charge in [-0.15, -0.1) is 0 Å². The van der Waals surface area contributed by atoms with Crippen molar-refractivity contribution in [3.63, 3.8) is 0 Å². The molecule has 0 saturated carbocycles. The van der Waals surface area contributed by atoms with Gasteiger partial charge in [0.05, 0.1) is 11.5 Å². The summed E-state index contributed by atoms with van der Waals surface area (Å²) in [5.41, 5.74) is 3.19. The number of hydrogen-bond acceptors (Lipinski definition) is 4. The van der Waals surface area contributed by atoms with Crippen molar-refractivity contribution in [2.75, 3.05) is 20.2 Å². The lowest BCUT2D eigenvalue weighted by molar-refractivity contribution is -0.385. The fourth-order valence-corrected chi connectivity index (χ4v) is 2.80. The standard InChI is InChI=1S/C17H18N2O3/c1-18-9-10-22-17(16-8-3-2-5-14(16)12-18)13-6-4-7-15(11-13)19(20)21/h2-8,11,17H,9-10,12H2,1H3. The van der Waals surface area contributed by atoms with Crippen LogP contribution in [0.25, 0.3) is 0 Å². The van der Waals surface area contributed by atoms with Crippen LogP contribution >= 0.6 is 0 Å². The van der Waals surface area contributed by atoms with Crippen LogP contribution in [-0.2, 0) is 11.3 Å². The Balaban J connectivity index is 2.04. The zero-order valence-electron chi connectivity index (χ0n) is 12.4. The molecule has 2 aromatic carbocycles. The lowest BCUT2D eigenvalue weighted by Crippen LogP contribution is -2.27. The number of ether oxygens (including phenoxy) is 1. The number of hydrogen-bond donors (Lipinski definition) is 0. The summed E-state index contributed by atoms with van der Waals surface area (Å²) in [5.74, 6) is 0. The van der Waals surface area contributed by atoms with E-state index in [1.54, 1.807) is 12.1 Å². The molecule has 0 spiro atoms. The zero-order chi connectivity index (χ0) is 15.5. The number of nitrogens with zero attached hydrogens (tertiary/aromatic N) is 2. The summed E-state index contributed by atoms with van der Waals surface area (Å²) in [5, 5.41) is 11.0. The van der Waals surface area contributed by atoms with Gasteiger partial charge in [0.25, 0.3) is 5.69 Å². The minimum Gasteiger partial charge on any atom is -0.367 e. The summed E-state index contributed by atoms with van der Waals surface area (Å²) in [6, 6.07) is 14.8. The van der Waals surface area contributed by atoms with Gasteiger partial charge in [-0.3, -0.25) is 15.0 Å². The van der Waals surface area contributed by atoms with Crippen molar-refractivity contribution < 1.29 is 9.66 Å². The number of benzene rings is 2. The summed E-state index contributed by atoms with van der Waals surface area (Å²) in [4.78, 5) is 12.8. The Morgan fingerprint density at radius 2 is 2.05 bits per heavy atom. The van der Waals surface area contributed by atoms with Crippen LogP contribution in [0.2, 0.25) is 0 Å². The van der Waals surface area contributed by atoms with Gasteiger partial charge in [-0.25, -0.2) is 0 Å². The molecule has 0 radical (unpaired) electrons. The molecule has 5 nitrogen and oxygen atoms in total. The third kappa shape index (κ3) is 3.00. The van der Waals surface area contributed by atoms with Gasteiger partial charge in [-0.2, -0.15) is 0 Å². The van der Waals surface area contributed by atoms with Crippen molar-refractivity contribution >= 4 is 5.69 Å². The summed E-state index contributed by atoms with van der Waals surface area (Å²) in [6.45, 7) is 2.28. The van der Waals surface area contributed by atoms with Gasteiger partial charge < -0.3 is 4.74 Å². The molecule has 1 aliphatic heterocycles. The van der Waals surface area contributed by atoms with E-state index in [9.17, 15) is 10.1 Å². The number of nitro groups is 1. The van der Waals surface area contributed by atoms with Crippen molar-refractivity contribution in [1.82, 2.24) is 4.90 Å². The Bertz CT molecular complexity index is 687. The first-order valence-corrected chi connectivity index (χ1v) is 7.27. The average molecular weight is 298 g/mol. The number of likely N-dealkylation sites (N-methyl/N-ethyl adjacent to an activating group) is 1. The molecule has 114 valence electrons. The maximum Gasteiger partial charge on any atom is 0.269 e.